The molecular formula is C60H104O6. The normalized spacial score (nSPS) is 12.6. The van der Waals surface area contributed by atoms with Crippen molar-refractivity contribution in [1.82, 2.24) is 0 Å². The van der Waals surface area contributed by atoms with Crippen LogP contribution < -0.4 is 0 Å². The van der Waals surface area contributed by atoms with Crippen LogP contribution in [-0.2, 0) is 28.6 Å². The van der Waals surface area contributed by atoms with Crippen LogP contribution in [-0.4, -0.2) is 37.2 Å². The topological polar surface area (TPSA) is 78.9 Å². The Kier molecular flexibility index (Phi) is 51.9. The van der Waals surface area contributed by atoms with Crippen molar-refractivity contribution < 1.29 is 28.6 Å². The Labute approximate surface area is 408 Å². The zero-order chi connectivity index (χ0) is 47.9. The number of unbranched alkanes of at least 4 members (excludes halogenated alkanes) is 27. The van der Waals surface area contributed by atoms with Crippen molar-refractivity contribution in [2.75, 3.05) is 13.2 Å². The minimum atomic E-state index is -0.781. The first-order valence-corrected chi connectivity index (χ1v) is 27.9. The third kappa shape index (κ3) is 51.8. The number of hydrogen-bond acceptors (Lipinski definition) is 6. The predicted octanol–water partition coefficient (Wildman–Crippen LogP) is 18.6. The molecular weight excluding hydrogens is 817 g/mol. The fourth-order valence-electron chi connectivity index (χ4n) is 7.80. The maximum atomic E-state index is 12.8. The Balaban J connectivity index is 4.29. The standard InChI is InChI=1S/C60H104O6/c1-4-7-10-13-16-19-21-23-25-27-28-29-30-31-32-34-35-37-39-41-44-47-50-53-59(62)65-56-57(55-64-58(61)52-49-46-43-18-15-12-9-6-3)66-60(63)54-51-48-45-42-40-38-36-33-26-24-22-20-17-14-11-8-5-2/h7,10,16,19,23,25,28-29,31-32,35,37,57H,4-6,8-9,11-15,17-18,20-22,24,26-27,30,33-34,36,38-56H2,1-3H3/b10-7-,19-16-,25-23-,29-28-,32-31-,37-35-. The summed E-state index contributed by atoms with van der Waals surface area (Å²) in [4.78, 5) is 38.0. The van der Waals surface area contributed by atoms with E-state index in [9.17, 15) is 14.4 Å². The number of allylic oxidation sites excluding steroid dienone is 12. The predicted molar refractivity (Wildman–Crippen MR) is 284 cm³/mol. The molecule has 0 aliphatic rings. The molecule has 6 nitrogen and oxygen atoms in total. The van der Waals surface area contributed by atoms with Gasteiger partial charge in [0.2, 0.25) is 0 Å². The van der Waals surface area contributed by atoms with E-state index in [1.807, 2.05) is 0 Å². The molecule has 0 aromatic rings. The fourth-order valence-corrected chi connectivity index (χ4v) is 7.80. The van der Waals surface area contributed by atoms with Gasteiger partial charge in [-0.2, -0.15) is 0 Å². The second-order valence-electron chi connectivity index (χ2n) is 18.5. The van der Waals surface area contributed by atoms with E-state index in [1.54, 1.807) is 0 Å². The summed E-state index contributed by atoms with van der Waals surface area (Å²) < 4.78 is 16.8. The Morgan fingerprint density at radius 1 is 0.318 bits per heavy atom. The van der Waals surface area contributed by atoms with Gasteiger partial charge in [-0.15, -0.1) is 0 Å². The molecule has 0 aliphatic carbocycles. The fraction of sp³-hybridized carbons (Fsp3) is 0.750. The van der Waals surface area contributed by atoms with E-state index in [4.69, 9.17) is 14.2 Å². The van der Waals surface area contributed by atoms with Crippen molar-refractivity contribution in [2.45, 2.75) is 277 Å². The van der Waals surface area contributed by atoms with Crippen LogP contribution in [0, 0.1) is 0 Å². The summed E-state index contributed by atoms with van der Waals surface area (Å²) in [5, 5.41) is 0. The lowest BCUT2D eigenvalue weighted by Crippen LogP contribution is -2.30. The highest BCUT2D eigenvalue weighted by atomic mass is 16.6. The monoisotopic (exact) mass is 921 g/mol. The largest absolute Gasteiger partial charge is 0.462 e. The molecule has 0 N–H and O–H groups in total. The lowest BCUT2D eigenvalue weighted by molar-refractivity contribution is -0.167. The van der Waals surface area contributed by atoms with E-state index in [0.717, 1.165) is 109 Å². The summed E-state index contributed by atoms with van der Waals surface area (Å²) in [5.74, 6) is -0.903. The Morgan fingerprint density at radius 3 is 0.924 bits per heavy atom. The summed E-state index contributed by atoms with van der Waals surface area (Å²) in [6.45, 7) is 6.49. The average molecular weight is 921 g/mol. The van der Waals surface area contributed by atoms with Crippen LogP contribution in [0.5, 0.6) is 0 Å². The van der Waals surface area contributed by atoms with Crippen LogP contribution in [0.25, 0.3) is 0 Å². The van der Waals surface area contributed by atoms with E-state index in [0.29, 0.717) is 19.3 Å². The molecule has 1 atom stereocenters. The van der Waals surface area contributed by atoms with Crippen LogP contribution in [0.2, 0.25) is 0 Å². The molecule has 0 spiro atoms. The van der Waals surface area contributed by atoms with Crippen LogP contribution in [0.1, 0.15) is 271 Å². The van der Waals surface area contributed by atoms with Gasteiger partial charge in [0.1, 0.15) is 13.2 Å². The van der Waals surface area contributed by atoms with Crippen molar-refractivity contribution in [1.29, 1.82) is 0 Å². The van der Waals surface area contributed by atoms with Crippen molar-refractivity contribution in [3.63, 3.8) is 0 Å². The van der Waals surface area contributed by atoms with Gasteiger partial charge >= 0.3 is 17.9 Å². The number of esters is 3. The van der Waals surface area contributed by atoms with E-state index in [2.05, 4.69) is 93.7 Å². The Bertz CT molecular complexity index is 1240. The molecule has 0 aliphatic heterocycles. The molecule has 0 amide bonds. The number of carbonyl (C=O) groups is 3. The third-order valence-corrected chi connectivity index (χ3v) is 12.0. The summed E-state index contributed by atoms with van der Waals surface area (Å²) >= 11 is 0. The van der Waals surface area contributed by atoms with Crippen molar-refractivity contribution in [3.05, 3.63) is 72.9 Å². The van der Waals surface area contributed by atoms with Crippen molar-refractivity contribution in [2.24, 2.45) is 0 Å². The van der Waals surface area contributed by atoms with Crippen LogP contribution in [0.15, 0.2) is 72.9 Å². The molecule has 0 radical (unpaired) electrons. The molecule has 0 saturated heterocycles. The number of carbonyl (C=O) groups excluding carboxylic acids is 3. The SMILES string of the molecule is CC/C=C\C/C=C\C/C=C\C/C=C\C/C=C\C/C=C\CCCCCCC(=O)OCC(COC(=O)CCCCCCCCCC)OC(=O)CCCCCCCCCCCCCCCCCCC. The van der Waals surface area contributed by atoms with Gasteiger partial charge in [-0.25, -0.2) is 0 Å². The first kappa shape index (κ1) is 62.8. The highest BCUT2D eigenvalue weighted by Gasteiger charge is 2.19. The van der Waals surface area contributed by atoms with Gasteiger partial charge in [0.25, 0.3) is 0 Å². The van der Waals surface area contributed by atoms with E-state index >= 15 is 0 Å². The second kappa shape index (κ2) is 54.5. The molecule has 0 heterocycles. The lowest BCUT2D eigenvalue weighted by Gasteiger charge is -2.18. The van der Waals surface area contributed by atoms with Gasteiger partial charge in [0.15, 0.2) is 6.10 Å². The Hall–Kier alpha value is -3.15. The maximum absolute atomic E-state index is 12.8. The molecule has 1 unspecified atom stereocenters. The Morgan fingerprint density at radius 2 is 0.591 bits per heavy atom. The summed E-state index contributed by atoms with van der Waals surface area (Å²) in [7, 11) is 0. The molecule has 66 heavy (non-hydrogen) atoms. The van der Waals surface area contributed by atoms with E-state index in [1.165, 1.54) is 122 Å². The van der Waals surface area contributed by atoms with Crippen molar-refractivity contribution >= 4 is 17.9 Å². The molecule has 0 saturated carbocycles. The van der Waals surface area contributed by atoms with Gasteiger partial charge in [-0.1, -0.05) is 254 Å². The van der Waals surface area contributed by atoms with Gasteiger partial charge in [-0.05, 0) is 70.6 Å². The second-order valence-corrected chi connectivity index (χ2v) is 18.5. The van der Waals surface area contributed by atoms with Gasteiger partial charge < -0.3 is 14.2 Å². The summed E-state index contributed by atoms with van der Waals surface area (Å²) in [5.41, 5.74) is 0. The molecule has 6 heteroatoms. The lowest BCUT2D eigenvalue weighted by atomic mass is 10.0. The zero-order valence-corrected chi connectivity index (χ0v) is 43.4. The quantitative estimate of drug-likeness (QED) is 0.0262. The zero-order valence-electron chi connectivity index (χ0n) is 43.4. The maximum Gasteiger partial charge on any atom is 0.306 e. The highest BCUT2D eigenvalue weighted by molar-refractivity contribution is 5.71. The van der Waals surface area contributed by atoms with Crippen molar-refractivity contribution in [3.8, 4) is 0 Å². The molecule has 380 valence electrons. The first-order chi connectivity index (χ1) is 32.5. The van der Waals surface area contributed by atoms with Crippen LogP contribution in [0.4, 0.5) is 0 Å². The van der Waals surface area contributed by atoms with Gasteiger partial charge in [-0.3, -0.25) is 14.4 Å². The molecule has 0 aromatic heterocycles. The van der Waals surface area contributed by atoms with E-state index in [-0.39, 0.29) is 31.1 Å². The average Bonchev–Trinajstić information content (AvgIpc) is 3.31. The molecule has 0 bridgehead atoms. The third-order valence-electron chi connectivity index (χ3n) is 12.0. The number of rotatable bonds is 50. The van der Waals surface area contributed by atoms with E-state index < -0.39 is 6.10 Å². The molecule has 0 fully saturated rings. The first-order valence-electron chi connectivity index (χ1n) is 27.9. The summed E-state index contributed by atoms with van der Waals surface area (Å²) in [6.07, 6.45) is 69.0. The van der Waals surface area contributed by atoms with Crippen LogP contribution in [0.3, 0.4) is 0 Å². The minimum absolute atomic E-state index is 0.0808. The summed E-state index contributed by atoms with van der Waals surface area (Å²) in [6, 6.07) is 0. The number of hydrogen-bond donors (Lipinski definition) is 0. The smallest absolute Gasteiger partial charge is 0.306 e. The highest BCUT2D eigenvalue weighted by Crippen LogP contribution is 2.16. The van der Waals surface area contributed by atoms with Crippen LogP contribution >= 0.6 is 0 Å². The molecule has 0 aromatic carbocycles. The number of ether oxygens (including phenoxy) is 3. The minimum Gasteiger partial charge on any atom is -0.462 e. The van der Waals surface area contributed by atoms with Gasteiger partial charge in [0.05, 0.1) is 0 Å². The molecule has 0 rings (SSSR count). The van der Waals surface area contributed by atoms with Gasteiger partial charge in [0, 0.05) is 19.3 Å².